The smallest absolute Gasteiger partial charge is 0.146 e. The number of benzene rings is 2. The van der Waals surface area contributed by atoms with E-state index in [9.17, 15) is 0 Å². The van der Waals surface area contributed by atoms with Gasteiger partial charge in [0.05, 0.1) is 19.6 Å². The molecule has 0 spiro atoms. The highest BCUT2D eigenvalue weighted by molar-refractivity contribution is 9.10. The number of rotatable bonds is 4. The Kier molecular flexibility index (Phi) is 5.42. The third kappa shape index (κ3) is 3.15. The first-order valence-electron chi connectivity index (χ1n) is 6.30. The van der Waals surface area contributed by atoms with E-state index >= 15 is 0 Å². The van der Waals surface area contributed by atoms with Gasteiger partial charge in [-0.05, 0) is 36.2 Å². The van der Waals surface area contributed by atoms with Crippen molar-refractivity contribution in [3.63, 3.8) is 0 Å². The average Bonchev–Trinajstić information content (AvgIpc) is 2.49. The van der Waals surface area contributed by atoms with E-state index in [2.05, 4.69) is 15.9 Å². The topological polar surface area (TPSA) is 18.5 Å². The van der Waals surface area contributed by atoms with Gasteiger partial charge in [-0.3, -0.25) is 0 Å². The van der Waals surface area contributed by atoms with Crippen LogP contribution in [0.1, 0.15) is 22.1 Å². The molecule has 2 aromatic rings. The maximum atomic E-state index is 6.66. The van der Waals surface area contributed by atoms with Crippen molar-refractivity contribution in [2.75, 3.05) is 14.2 Å². The van der Waals surface area contributed by atoms with Gasteiger partial charge in [0.25, 0.3) is 0 Å². The van der Waals surface area contributed by atoms with Gasteiger partial charge in [0.1, 0.15) is 16.5 Å². The molecule has 0 radical (unpaired) electrons. The summed E-state index contributed by atoms with van der Waals surface area (Å²) >= 11 is 16.5. The summed E-state index contributed by atoms with van der Waals surface area (Å²) in [5.74, 6) is 1.10. The van der Waals surface area contributed by atoms with Crippen LogP contribution in [0.25, 0.3) is 0 Å². The zero-order valence-corrected chi connectivity index (χ0v) is 15.0. The second kappa shape index (κ2) is 6.91. The van der Waals surface area contributed by atoms with E-state index in [0.717, 1.165) is 21.2 Å². The SMILES string of the molecule is COc1ccc(C(Cl)c2cccc(Br)c2C)c(OC)c1Cl. The predicted molar refractivity (Wildman–Crippen MR) is 91.1 cm³/mol. The van der Waals surface area contributed by atoms with Crippen molar-refractivity contribution >= 4 is 39.1 Å². The van der Waals surface area contributed by atoms with Gasteiger partial charge >= 0.3 is 0 Å². The normalized spacial score (nSPS) is 12.1. The van der Waals surface area contributed by atoms with Crippen LogP contribution in [0.2, 0.25) is 5.02 Å². The molecule has 0 N–H and O–H groups in total. The van der Waals surface area contributed by atoms with Gasteiger partial charge in [0, 0.05) is 10.0 Å². The van der Waals surface area contributed by atoms with Gasteiger partial charge in [-0.1, -0.05) is 39.7 Å². The molecule has 2 aromatic carbocycles. The quantitative estimate of drug-likeness (QED) is 0.619. The van der Waals surface area contributed by atoms with Crippen LogP contribution in [0.5, 0.6) is 11.5 Å². The summed E-state index contributed by atoms with van der Waals surface area (Å²) in [5.41, 5.74) is 2.91. The van der Waals surface area contributed by atoms with E-state index in [0.29, 0.717) is 16.5 Å². The molecule has 1 atom stereocenters. The van der Waals surface area contributed by atoms with Crippen molar-refractivity contribution in [2.45, 2.75) is 12.3 Å². The number of alkyl halides is 1. The van der Waals surface area contributed by atoms with Crippen LogP contribution in [0.15, 0.2) is 34.8 Å². The van der Waals surface area contributed by atoms with Crippen LogP contribution >= 0.6 is 39.1 Å². The lowest BCUT2D eigenvalue weighted by Gasteiger charge is -2.19. The highest BCUT2D eigenvalue weighted by Gasteiger charge is 2.22. The first-order chi connectivity index (χ1) is 10.0. The molecule has 0 amide bonds. The Morgan fingerprint density at radius 3 is 2.38 bits per heavy atom. The lowest BCUT2D eigenvalue weighted by atomic mass is 9.99. The minimum Gasteiger partial charge on any atom is -0.495 e. The molecule has 21 heavy (non-hydrogen) atoms. The van der Waals surface area contributed by atoms with Crippen LogP contribution in [-0.2, 0) is 0 Å². The number of methoxy groups -OCH3 is 2. The molecule has 2 nitrogen and oxygen atoms in total. The van der Waals surface area contributed by atoms with Crippen molar-refractivity contribution in [2.24, 2.45) is 0 Å². The first-order valence-corrected chi connectivity index (χ1v) is 7.91. The number of hydrogen-bond acceptors (Lipinski definition) is 2. The largest absolute Gasteiger partial charge is 0.495 e. The molecule has 0 saturated heterocycles. The van der Waals surface area contributed by atoms with E-state index in [1.165, 1.54) is 0 Å². The zero-order chi connectivity index (χ0) is 15.6. The molecule has 1 unspecified atom stereocenters. The Morgan fingerprint density at radius 1 is 1.05 bits per heavy atom. The summed E-state index contributed by atoms with van der Waals surface area (Å²) in [6.45, 7) is 2.02. The minimum atomic E-state index is -0.360. The summed E-state index contributed by atoms with van der Waals surface area (Å²) in [5, 5.41) is 0.0663. The van der Waals surface area contributed by atoms with Crippen molar-refractivity contribution in [3.05, 3.63) is 56.5 Å². The fourth-order valence-electron chi connectivity index (χ4n) is 2.18. The second-order valence-corrected chi connectivity index (χ2v) is 6.19. The van der Waals surface area contributed by atoms with Gasteiger partial charge in [0.2, 0.25) is 0 Å². The van der Waals surface area contributed by atoms with Crippen LogP contribution < -0.4 is 9.47 Å². The third-order valence-corrected chi connectivity index (χ3v) is 5.06. The van der Waals surface area contributed by atoms with E-state index < -0.39 is 0 Å². The molecular weight excluding hydrogens is 375 g/mol. The van der Waals surface area contributed by atoms with Crippen LogP contribution in [0, 0.1) is 6.92 Å². The minimum absolute atomic E-state index is 0.360. The van der Waals surface area contributed by atoms with Crippen LogP contribution in [0.3, 0.4) is 0 Å². The van der Waals surface area contributed by atoms with Gasteiger partial charge in [0.15, 0.2) is 0 Å². The van der Waals surface area contributed by atoms with Gasteiger partial charge < -0.3 is 9.47 Å². The monoisotopic (exact) mass is 388 g/mol. The van der Waals surface area contributed by atoms with E-state index in [4.69, 9.17) is 32.7 Å². The van der Waals surface area contributed by atoms with Crippen molar-refractivity contribution in [3.8, 4) is 11.5 Å². The second-order valence-electron chi connectivity index (χ2n) is 4.52. The van der Waals surface area contributed by atoms with Crippen molar-refractivity contribution in [1.29, 1.82) is 0 Å². The fraction of sp³-hybridized carbons (Fsp3) is 0.250. The molecule has 112 valence electrons. The summed E-state index contributed by atoms with van der Waals surface area (Å²) in [6.07, 6.45) is 0. The van der Waals surface area contributed by atoms with E-state index in [1.54, 1.807) is 20.3 Å². The van der Waals surface area contributed by atoms with Crippen LogP contribution in [0.4, 0.5) is 0 Å². The molecule has 0 aliphatic heterocycles. The highest BCUT2D eigenvalue weighted by Crippen LogP contribution is 2.44. The van der Waals surface area contributed by atoms with Crippen molar-refractivity contribution < 1.29 is 9.47 Å². The van der Waals surface area contributed by atoms with Gasteiger partial charge in [-0.25, -0.2) is 0 Å². The van der Waals surface area contributed by atoms with E-state index in [-0.39, 0.29) is 5.38 Å². The van der Waals surface area contributed by atoms with Crippen LogP contribution in [-0.4, -0.2) is 14.2 Å². The molecule has 0 heterocycles. The number of ether oxygens (including phenoxy) is 2. The molecule has 0 aliphatic rings. The number of halogens is 3. The maximum absolute atomic E-state index is 6.66. The molecular formula is C16H15BrCl2O2. The molecule has 0 aliphatic carbocycles. The van der Waals surface area contributed by atoms with Gasteiger partial charge in [-0.2, -0.15) is 0 Å². The Hall–Kier alpha value is -0.900. The number of hydrogen-bond donors (Lipinski definition) is 0. The molecule has 0 saturated carbocycles. The summed E-state index contributed by atoms with van der Waals surface area (Å²) in [6, 6.07) is 9.61. The summed E-state index contributed by atoms with van der Waals surface area (Å²) < 4.78 is 11.6. The standard InChI is InChI=1S/C16H15BrCl2O2/c1-9-10(5-4-6-12(9)17)14(18)11-7-8-13(20-2)15(19)16(11)21-3/h4-8,14H,1-3H3. The Labute approximate surface area is 143 Å². The Morgan fingerprint density at radius 2 is 1.76 bits per heavy atom. The molecule has 0 bridgehead atoms. The molecule has 5 heteroatoms. The lowest BCUT2D eigenvalue weighted by Crippen LogP contribution is -2.01. The summed E-state index contributed by atoms with van der Waals surface area (Å²) in [7, 11) is 3.14. The Bertz CT molecular complexity index is 659. The maximum Gasteiger partial charge on any atom is 0.146 e. The summed E-state index contributed by atoms with van der Waals surface area (Å²) in [4.78, 5) is 0. The first kappa shape index (κ1) is 16.5. The predicted octanol–water partition coefficient (Wildman–Crippen LogP) is 5.76. The fourth-order valence-corrected chi connectivity index (χ4v) is 3.30. The van der Waals surface area contributed by atoms with E-state index in [1.807, 2.05) is 31.2 Å². The average molecular weight is 390 g/mol. The molecule has 0 aromatic heterocycles. The highest BCUT2D eigenvalue weighted by atomic mass is 79.9. The third-order valence-electron chi connectivity index (χ3n) is 3.37. The van der Waals surface area contributed by atoms with Gasteiger partial charge in [-0.15, -0.1) is 11.6 Å². The van der Waals surface area contributed by atoms with Crippen molar-refractivity contribution in [1.82, 2.24) is 0 Å². The molecule has 0 fully saturated rings. The molecule has 2 rings (SSSR count). The zero-order valence-electron chi connectivity index (χ0n) is 11.9. The lowest BCUT2D eigenvalue weighted by molar-refractivity contribution is 0.392. The Balaban J connectivity index is 2.56.